The lowest BCUT2D eigenvalue weighted by molar-refractivity contribution is -0.137. The predicted molar refractivity (Wildman–Crippen MR) is 109 cm³/mol. The number of benzene rings is 1. The average Bonchev–Trinajstić information content (AvgIpc) is 3.30. The van der Waals surface area contributed by atoms with Gasteiger partial charge in [-0.3, -0.25) is 9.59 Å². The normalized spacial score (nSPS) is 27.3. The Morgan fingerprint density at radius 3 is 2.54 bits per heavy atom. The standard InChI is InChI=1S/C24H32O4/c1-17(18-9-5-4-6-10-18)21(25)14-13-20-19(22-15-16-23(20)28-22)11-7-2-3-8-12-24(26)27/h2,4-7,9-10,17,19-20,22-23H,3,8,11-16H2,1H3,(H,26,27)/t17?,19-,20+,22-,23+/m0/s1. The molecule has 1 N–H and O–H groups in total. The molecule has 4 heteroatoms. The van der Waals surface area contributed by atoms with Crippen LogP contribution in [-0.2, 0) is 14.3 Å². The SMILES string of the molecule is CC(C(=O)CC[C@@H]1[C@H](CC=CCCCC(=O)O)[C@@H]2CC[C@H]1O2)c1ccccc1. The van der Waals surface area contributed by atoms with E-state index in [4.69, 9.17) is 9.84 Å². The number of carboxylic acid groups (broad SMARTS) is 1. The summed E-state index contributed by atoms with van der Waals surface area (Å²) >= 11 is 0. The third kappa shape index (κ3) is 5.32. The van der Waals surface area contributed by atoms with Crippen molar-refractivity contribution in [2.75, 3.05) is 0 Å². The van der Waals surface area contributed by atoms with Crippen molar-refractivity contribution >= 4 is 11.8 Å². The first-order chi connectivity index (χ1) is 13.6. The average molecular weight is 385 g/mol. The number of rotatable bonds is 11. The molecule has 2 heterocycles. The molecule has 2 bridgehead atoms. The van der Waals surface area contributed by atoms with Crippen molar-refractivity contribution < 1.29 is 19.4 Å². The van der Waals surface area contributed by atoms with Crippen LogP contribution in [0.4, 0.5) is 0 Å². The summed E-state index contributed by atoms with van der Waals surface area (Å²) in [5.74, 6) is 0.498. The summed E-state index contributed by atoms with van der Waals surface area (Å²) in [6.07, 6.45) is 11.4. The van der Waals surface area contributed by atoms with Crippen molar-refractivity contribution in [2.45, 2.75) is 76.4 Å². The number of ether oxygens (including phenoxy) is 1. The Balaban J connectivity index is 1.48. The Bertz CT molecular complexity index is 681. The van der Waals surface area contributed by atoms with Crippen LogP contribution in [0.2, 0.25) is 0 Å². The summed E-state index contributed by atoms with van der Waals surface area (Å²) in [5.41, 5.74) is 1.09. The summed E-state index contributed by atoms with van der Waals surface area (Å²) in [6.45, 7) is 2.01. The Morgan fingerprint density at radius 1 is 1.11 bits per heavy atom. The molecule has 4 nitrogen and oxygen atoms in total. The van der Waals surface area contributed by atoms with Gasteiger partial charge in [0.25, 0.3) is 0 Å². The monoisotopic (exact) mass is 384 g/mol. The molecular formula is C24H32O4. The number of hydrogen-bond donors (Lipinski definition) is 1. The Labute approximate surface area is 168 Å². The fourth-order valence-electron chi connectivity index (χ4n) is 4.79. The highest BCUT2D eigenvalue weighted by molar-refractivity contribution is 5.85. The minimum absolute atomic E-state index is 0.0479. The van der Waals surface area contributed by atoms with Crippen molar-refractivity contribution in [1.82, 2.24) is 0 Å². The van der Waals surface area contributed by atoms with E-state index in [0.717, 1.165) is 37.7 Å². The van der Waals surface area contributed by atoms with Crippen LogP contribution in [-0.4, -0.2) is 29.1 Å². The van der Waals surface area contributed by atoms with Crippen LogP contribution >= 0.6 is 0 Å². The zero-order valence-electron chi connectivity index (χ0n) is 16.8. The van der Waals surface area contributed by atoms with Crippen LogP contribution in [0, 0.1) is 11.8 Å². The third-order valence-corrected chi connectivity index (χ3v) is 6.43. The molecule has 0 amide bonds. The van der Waals surface area contributed by atoms with Crippen LogP contribution in [0.15, 0.2) is 42.5 Å². The third-order valence-electron chi connectivity index (χ3n) is 6.43. The fraction of sp³-hybridized carbons (Fsp3) is 0.583. The van der Waals surface area contributed by atoms with E-state index in [1.165, 1.54) is 0 Å². The second kappa shape index (κ2) is 10.0. The molecule has 0 saturated carbocycles. The first-order valence-electron chi connectivity index (χ1n) is 10.7. The van der Waals surface area contributed by atoms with Gasteiger partial charge in [0, 0.05) is 18.8 Å². The van der Waals surface area contributed by atoms with E-state index >= 15 is 0 Å². The van der Waals surface area contributed by atoms with Crippen LogP contribution in [0.3, 0.4) is 0 Å². The number of hydrogen-bond acceptors (Lipinski definition) is 3. The maximum Gasteiger partial charge on any atom is 0.303 e. The largest absolute Gasteiger partial charge is 0.481 e. The highest BCUT2D eigenvalue weighted by Gasteiger charge is 2.47. The van der Waals surface area contributed by atoms with E-state index in [0.29, 0.717) is 42.7 Å². The molecule has 0 aromatic heterocycles. The van der Waals surface area contributed by atoms with Crippen molar-refractivity contribution in [3.8, 4) is 0 Å². The summed E-state index contributed by atoms with van der Waals surface area (Å²) < 4.78 is 6.16. The Hall–Kier alpha value is -1.94. The molecule has 5 atom stereocenters. The second-order valence-electron chi connectivity index (χ2n) is 8.25. The number of carboxylic acids is 1. The highest BCUT2D eigenvalue weighted by atomic mass is 16.5. The van der Waals surface area contributed by atoms with Gasteiger partial charge in [-0.1, -0.05) is 49.4 Å². The molecule has 2 fully saturated rings. The predicted octanol–water partition coefficient (Wildman–Crippen LogP) is 5.13. The number of aliphatic carboxylic acids is 1. The molecule has 3 rings (SSSR count). The number of fused-ring (bicyclic) bond motifs is 2. The van der Waals surface area contributed by atoms with E-state index in [9.17, 15) is 9.59 Å². The van der Waals surface area contributed by atoms with Gasteiger partial charge in [0.2, 0.25) is 0 Å². The van der Waals surface area contributed by atoms with E-state index in [1.807, 2.05) is 37.3 Å². The molecule has 2 aliphatic heterocycles. The molecule has 152 valence electrons. The van der Waals surface area contributed by atoms with Gasteiger partial charge in [-0.15, -0.1) is 0 Å². The van der Waals surface area contributed by atoms with E-state index in [2.05, 4.69) is 12.2 Å². The molecular weight excluding hydrogens is 352 g/mol. The topological polar surface area (TPSA) is 63.6 Å². The van der Waals surface area contributed by atoms with Crippen LogP contribution in [0.1, 0.15) is 69.8 Å². The number of carbonyl (C=O) groups excluding carboxylic acids is 1. The minimum atomic E-state index is -0.732. The summed E-state index contributed by atoms with van der Waals surface area (Å²) in [5, 5.41) is 8.70. The number of allylic oxidation sites excluding steroid dienone is 2. The number of unbranched alkanes of at least 4 members (excludes halogenated alkanes) is 1. The number of carbonyl (C=O) groups is 2. The van der Waals surface area contributed by atoms with E-state index in [-0.39, 0.29) is 12.3 Å². The molecule has 1 aromatic rings. The van der Waals surface area contributed by atoms with Crippen LogP contribution in [0.25, 0.3) is 0 Å². The highest BCUT2D eigenvalue weighted by Crippen LogP contribution is 2.47. The van der Waals surface area contributed by atoms with Crippen molar-refractivity contribution in [1.29, 1.82) is 0 Å². The van der Waals surface area contributed by atoms with Gasteiger partial charge in [0.1, 0.15) is 5.78 Å². The maximum absolute atomic E-state index is 12.7. The molecule has 2 aliphatic rings. The smallest absolute Gasteiger partial charge is 0.303 e. The lowest BCUT2D eigenvalue weighted by Gasteiger charge is -2.27. The van der Waals surface area contributed by atoms with Gasteiger partial charge in [-0.05, 0) is 55.9 Å². The molecule has 28 heavy (non-hydrogen) atoms. The lowest BCUT2D eigenvalue weighted by atomic mass is 9.74. The summed E-state index contributed by atoms with van der Waals surface area (Å²) in [7, 11) is 0. The van der Waals surface area contributed by atoms with Gasteiger partial charge >= 0.3 is 5.97 Å². The lowest BCUT2D eigenvalue weighted by Crippen LogP contribution is -2.27. The second-order valence-corrected chi connectivity index (χ2v) is 8.25. The van der Waals surface area contributed by atoms with Crippen molar-refractivity contribution in [3.63, 3.8) is 0 Å². The van der Waals surface area contributed by atoms with Gasteiger partial charge in [-0.2, -0.15) is 0 Å². The zero-order valence-corrected chi connectivity index (χ0v) is 16.8. The maximum atomic E-state index is 12.7. The van der Waals surface area contributed by atoms with Gasteiger partial charge < -0.3 is 9.84 Å². The molecule has 2 saturated heterocycles. The molecule has 0 spiro atoms. The number of Topliss-reactive ketones (excluding diaryl/α,β-unsaturated/α-hetero) is 1. The first-order valence-corrected chi connectivity index (χ1v) is 10.7. The van der Waals surface area contributed by atoms with Crippen LogP contribution in [0.5, 0.6) is 0 Å². The molecule has 1 aromatic carbocycles. The number of ketones is 1. The first kappa shape index (κ1) is 20.8. The van der Waals surface area contributed by atoms with Gasteiger partial charge in [-0.25, -0.2) is 0 Å². The van der Waals surface area contributed by atoms with Crippen molar-refractivity contribution in [3.05, 3.63) is 48.0 Å². The van der Waals surface area contributed by atoms with E-state index in [1.54, 1.807) is 0 Å². The fourth-order valence-corrected chi connectivity index (χ4v) is 4.79. The van der Waals surface area contributed by atoms with Crippen LogP contribution < -0.4 is 0 Å². The summed E-state index contributed by atoms with van der Waals surface area (Å²) in [4.78, 5) is 23.3. The Kier molecular flexibility index (Phi) is 7.43. The Morgan fingerprint density at radius 2 is 1.82 bits per heavy atom. The van der Waals surface area contributed by atoms with Gasteiger partial charge in [0.15, 0.2) is 0 Å². The molecule has 0 aliphatic carbocycles. The quantitative estimate of drug-likeness (QED) is 0.424. The minimum Gasteiger partial charge on any atom is -0.481 e. The summed E-state index contributed by atoms with van der Waals surface area (Å²) in [6, 6.07) is 10.0. The van der Waals surface area contributed by atoms with Gasteiger partial charge in [0.05, 0.1) is 12.2 Å². The molecule has 1 unspecified atom stereocenters. The molecule has 0 radical (unpaired) electrons. The zero-order chi connectivity index (χ0) is 19.9. The van der Waals surface area contributed by atoms with Crippen molar-refractivity contribution in [2.24, 2.45) is 11.8 Å². The van der Waals surface area contributed by atoms with E-state index < -0.39 is 5.97 Å².